The molecule has 0 radical (unpaired) electrons. The molecule has 2 unspecified atom stereocenters. The van der Waals surface area contributed by atoms with Crippen LogP contribution in [0.1, 0.15) is 48.0 Å². The van der Waals surface area contributed by atoms with Crippen molar-refractivity contribution >= 4 is 5.91 Å². The van der Waals surface area contributed by atoms with E-state index >= 15 is 0 Å². The van der Waals surface area contributed by atoms with E-state index in [1.807, 2.05) is 0 Å². The summed E-state index contributed by atoms with van der Waals surface area (Å²) in [5.74, 6) is 2.03. The van der Waals surface area contributed by atoms with Gasteiger partial charge in [-0.05, 0) is 45.1 Å². The monoisotopic (exact) mass is 254 g/mol. The first kappa shape index (κ1) is 15.5. The minimum absolute atomic E-state index is 0.156. The van der Waals surface area contributed by atoms with Crippen LogP contribution in [0.5, 0.6) is 0 Å². The second-order valence-electron chi connectivity index (χ2n) is 7.24. The van der Waals surface area contributed by atoms with E-state index in [1.165, 1.54) is 0 Å². The number of amides is 1. The van der Waals surface area contributed by atoms with E-state index < -0.39 is 0 Å². The largest absolute Gasteiger partial charge is 0.342 e. The van der Waals surface area contributed by atoms with Crippen LogP contribution in [0.2, 0.25) is 0 Å². The highest BCUT2D eigenvalue weighted by Crippen LogP contribution is 2.25. The van der Waals surface area contributed by atoms with Gasteiger partial charge in [0.2, 0.25) is 5.91 Å². The predicted molar refractivity (Wildman–Crippen MR) is 76.4 cm³/mol. The molecule has 0 aromatic rings. The van der Waals surface area contributed by atoms with Gasteiger partial charge < -0.3 is 10.2 Å². The number of carbonyl (C=O) groups excluding carboxylic acids is 1. The molecule has 2 atom stereocenters. The lowest BCUT2D eigenvalue weighted by atomic mass is 9.95. The number of rotatable bonds is 5. The molecule has 0 aromatic carbocycles. The molecule has 0 bridgehead atoms. The molecule has 1 amide bonds. The molecule has 1 rings (SSSR count). The van der Waals surface area contributed by atoms with E-state index in [0.29, 0.717) is 23.7 Å². The molecule has 3 nitrogen and oxygen atoms in total. The number of likely N-dealkylation sites (tertiary alicyclic amines) is 1. The Hall–Kier alpha value is -0.570. The lowest BCUT2D eigenvalue weighted by Crippen LogP contribution is -2.41. The Kier molecular flexibility index (Phi) is 5.20. The molecule has 106 valence electrons. The van der Waals surface area contributed by atoms with Crippen molar-refractivity contribution < 1.29 is 4.79 Å². The van der Waals surface area contributed by atoms with Crippen LogP contribution in [0.15, 0.2) is 0 Å². The maximum Gasteiger partial charge on any atom is 0.222 e. The average molecular weight is 254 g/mol. The number of nitrogens with zero attached hydrogens (tertiary/aromatic N) is 1. The number of carbonyl (C=O) groups is 1. The SMILES string of the molecule is CC(CNC(C)(C)C)CN1CC(C(C)C)CC1=O. The molecule has 1 aliphatic rings. The van der Waals surface area contributed by atoms with Crippen molar-refractivity contribution in [2.45, 2.75) is 53.5 Å². The smallest absolute Gasteiger partial charge is 0.222 e. The fraction of sp³-hybridized carbons (Fsp3) is 0.933. The molecule has 3 heteroatoms. The third kappa shape index (κ3) is 4.97. The van der Waals surface area contributed by atoms with E-state index in [1.54, 1.807) is 0 Å². The highest BCUT2D eigenvalue weighted by atomic mass is 16.2. The van der Waals surface area contributed by atoms with Crippen molar-refractivity contribution in [1.29, 1.82) is 0 Å². The van der Waals surface area contributed by atoms with Crippen molar-refractivity contribution in [1.82, 2.24) is 10.2 Å². The topological polar surface area (TPSA) is 32.3 Å². The Morgan fingerprint density at radius 3 is 2.39 bits per heavy atom. The zero-order valence-corrected chi connectivity index (χ0v) is 12.9. The standard InChI is InChI=1S/C15H30N2O/c1-11(2)13-7-14(18)17(10-13)9-12(3)8-16-15(4,5)6/h11-13,16H,7-10H2,1-6H3. The van der Waals surface area contributed by atoms with Gasteiger partial charge in [0.05, 0.1) is 0 Å². The van der Waals surface area contributed by atoms with Crippen LogP contribution in [0, 0.1) is 17.8 Å². The molecule has 1 saturated heterocycles. The van der Waals surface area contributed by atoms with Crippen LogP contribution in [-0.2, 0) is 4.79 Å². The molecule has 0 spiro atoms. The summed E-state index contributed by atoms with van der Waals surface area (Å²) in [6, 6.07) is 0. The minimum Gasteiger partial charge on any atom is -0.342 e. The molecule has 1 N–H and O–H groups in total. The number of nitrogens with one attached hydrogen (secondary N) is 1. The van der Waals surface area contributed by atoms with Gasteiger partial charge in [0.15, 0.2) is 0 Å². The van der Waals surface area contributed by atoms with Crippen LogP contribution in [0.3, 0.4) is 0 Å². The fourth-order valence-electron chi connectivity index (χ4n) is 2.35. The van der Waals surface area contributed by atoms with Gasteiger partial charge in [0.25, 0.3) is 0 Å². The first-order valence-corrected chi connectivity index (χ1v) is 7.22. The molecule has 1 fully saturated rings. The zero-order chi connectivity index (χ0) is 13.9. The van der Waals surface area contributed by atoms with Gasteiger partial charge in [-0.3, -0.25) is 4.79 Å². The summed E-state index contributed by atoms with van der Waals surface area (Å²) in [5, 5.41) is 3.51. The third-order valence-corrected chi connectivity index (χ3v) is 3.70. The van der Waals surface area contributed by atoms with E-state index in [-0.39, 0.29) is 5.54 Å². The van der Waals surface area contributed by atoms with Crippen molar-refractivity contribution in [2.75, 3.05) is 19.6 Å². The van der Waals surface area contributed by atoms with Gasteiger partial charge in [-0.1, -0.05) is 20.8 Å². The van der Waals surface area contributed by atoms with Crippen LogP contribution in [0.25, 0.3) is 0 Å². The third-order valence-electron chi connectivity index (χ3n) is 3.70. The van der Waals surface area contributed by atoms with Gasteiger partial charge in [-0.25, -0.2) is 0 Å². The van der Waals surface area contributed by atoms with Crippen molar-refractivity contribution in [3.05, 3.63) is 0 Å². The maximum atomic E-state index is 11.9. The van der Waals surface area contributed by atoms with Crippen LogP contribution in [0.4, 0.5) is 0 Å². The van der Waals surface area contributed by atoms with Gasteiger partial charge in [-0.15, -0.1) is 0 Å². The highest BCUT2D eigenvalue weighted by molar-refractivity contribution is 5.78. The molecule has 0 aromatic heterocycles. The molecule has 0 saturated carbocycles. The Morgan fingerprint density at radius 2 is 1.94 bits per heavy atom. The summed E-state index contributed by atoms with van der Waals surface area (Å²) < 4.78 is 0. The predicted octanol–water partition coefficient (Wildman–Crippen LogP) is 2.52. The van der Waals surface area contributed by atoms with Crippen LogP contribution < -0.4 is 5.32 Å². The molecule has 18 heavy (non-hydrogen) atoms. The molecule has 1 heterocycles. The zero-order valence-electron chi connectivity index (χ0n) is 12.9. The summed E-state index contributed by atoms with van der Waals surface area (Å²) in [4.78, 5) is 14.0. The fourth-order valence-corrected chi connectivity index (χ4v) is 2.35. The summed E-state index contributed by atoms with van der Waals surface area (Å²) >= 11 is 0. The number of hydrogen-bond acceptors (Lipinski definition) is 2. The lowest BCUT2D eigenvalue weighted by molar-refractivity contribution is -0.128. The molecular formula is C15H30N2O. The Morgan fingerprint density at radius 1 is 1.33 bits per heavy atom. The molecular weight excluding hydrogens is 224 g/mol. The van der Waals surface area contributed by atoms with Crippen molar-refractivity contribution in [3.8, 4) is 0 Å². The number of hydrogen-bond donors (Lipinski definition) is 1. The normalized spacial score (nSPS) is 22.9. The second-order valence-corrected chi connectivity index (χ2v) is 7.24. The Labute approximate surface area is 112 Å². The summed E-state index contributed by atoms with van der Waals surface area (Å²) in [6.45, 7) is 16.0. The van der Waals surface area contributed by atoms with E-state index in [9.17, 15) is 4.79 Å². The summed E-state index contributed by atoms with van der Waals surface area (Å²) in [6.07, 6.45) is 0.747. The highest BCUT2D eigenvalue weighted by Gasteiger charge is 2.31. The van der Waals surface area contributed by atoms with E-state index in [0.717, 1.165) is 26.1 Å². The average Bonchev–Trinajstić information content (AvgIpc) is 2.57. The van der Waals surface area contributed by atoms with Crippen molar-refractivity contribution in [2.24, 2.45) is 17.8 Å². The minimum atomic E-state index is 0.156. The van der Waals surface area contributed by atoms with E-state index in [4.69, 9.17) is 0 Å². The van der Waals surface area contributed by atoms with Crippen LogP contribution in [-0.4, -0.2) is 36.0 Å². The molecule has 1 aliphatic heterocycles. The Bertz CT molecular complexity index is 281. The van der Waals surface area contributed by atoms with Gasteiger partial charge in [0, 0.05) is 25.0 Å². The molecule has 0 aliphatic carbocycles. The lowest BCUT2D eigenvalue weighted by Gasteiger charge is -2.26. The van der Waals surface area contributed by atoms with Gasteiger partial charge in [-0.2, -0.15) is 0 Å². The summed E-state index contributed by atoms with van der Waals surface area (Å²) in [5.41, 5.74) is 0.156. The van der Waals surface area contributed by atoms with Gasteiger partial charge >= 0.3 is 0 Å². The van der Waals surface area contributed by atoms with Crippen molar-refractivity contribution in [3.63, 3.8) is 0 Å². The van der Waals surface area contributed by atoms with Crippen LogP contribution >= 0.6 is 0 Å². The second kappa shape index (κ2) is 6.05. The quantitative estimate of drug-likeness (QED) is 0.817. The first-order valence-electron chi connectivity index (χ1n) is 7.22. The Balaban J connectivity index is 2.36. The van der Waals surface area contributed by atoms with Gasteiger partial charge in [0.1, 0.15) is 0 Å². The maximum absolute atomic E-state index is 11.9. The first-order chi connectivity index (χ1) is 8.19. The van der Waals surface area contributed by atoms with E-state index in [2.05, 4.69) is 51.8 Å². The summed E-state index contributed by atoms with van der Waals surface area (Å²) in [7, 11) is 0.